The lowest BCUT2D eigenvalue weighted by molar-refractivity contribution is 0.465. The van der Waals surface area contributed by atoms with Crippen LogP contribution in [-0.4, -0.2) is 0 Å². The van der Waals surface area contributed by atoms with E-state index in [4.69, 9.17) is 0 Å². The average Bonchev–Trinajstić information content (AvgIpc) is 2.47. The molecule has 2 atom stereocenters. The zero-order valence-corrected chi connectivity index (χ0v) is 7.42. The third-order valence-electron chi connectivity index (χ3n) is 2.70. The summed E-state index contributed by atoms with van der Waals surface area (Å²) < 4.78 is 0. The average molecular weight is 150 g/mol. The highest BCUT2D eigenvalue weighted by Gasteiger charge is 2.22. The normalized spacial score (nSPS) is 31.4. The van der Waals surface area contributed by atoms with E-state index in [0.29, 0.717) is 0 Å². The van der Waals surface area contributed by atoms with Crippen molar-refractivity contribution < 1.29 is 0 Å². The molecule has 0 radical (unpaired) electrons. The van der Waals surface area contributed by atoms with Crippen LogP contribution in [0.3, 0.4) is 0 Å². The molecule has 0 aliphatic heterocycles. The third kappa shape index (κ3) is 2.21. The number of hydrogen-bond donors (Lipinski definition) is 0. The minimum atomic E-state index is 0.797. The van der Waals surface area contributed by atoms with E-state index in [1.165, 1.54) is 25.7 Å². The fourth-order valence-electron chi connectivity index (χ4n) is 1.98. The highest BCUT2D eigenvalue weighted by atomic mass is 14.3. The molecule has 1 aliphatic carbocycles. The van der Waals surface area contributed by atoms with Gasteiger partial charge in [0.15, 0.2) is 0 Å². The van der Waals surface area contributed by atoms with Gasteiger partial charge in [-0.15, -0.1) is 6.58 Å². The summed E-state index contributed by atoms with van der Waals surface area (Å²) in [5.41, 5.74) is 0. The van der Waals surface area contributed by atoms with E-state index in [0.717, 1.165) is 11.8 Å². The van der Waals surface area contributed by atoms with Gasteiger partial charge in [0, 0.05) is 0 Å². The number of allylic oxidation sites excluding steroid dienone is 3. The molecule has 0 heteroatoms. The Hall–Kier alpha value is -0.520. The zero-order chi connectivity index (χ0) is 8.10. The van der Waals surface area contributed by atoms with Crippen molar-refractivity contribution in [1.82, 2.24) is 0 Å². The predicted octanol–water partition coefficient (Wildman–Crippen LogP) is 3.55. The molecule has 0 aromatic heterocycles. The summed E-state index contributed by atoms with van der Waals surface area (Å²) in [6.45, 7) is 5.97. The Morgan fingerprint density at radius 1 is 1.45 bits per heavy atom. The first-order valence-electron chi connectivity index (χ1n) is 4.62. The lowest BCUT2D eigenvalue weighted by Crippen LogP contribution is -2.02. The summed E-state index contributed by atoms with van der Waals surface area (Å²) in [5, 5.41) is 0. The fraction of sp³-hybridized carbons (Fsp3) is 0.636. The van der Waals surface area contributed by atoms with E-state index in [1.54, 1.807) is 0 Å². The van der Waals surface area contributed by atoms with E-state index in [9.17, 15) is 0 Å². The minimum Gasteiger partial charge on any atom is -0.103 e. The van der Waals surface area contributed by atoms with E-state index in [-0.39, 0.29) is 0 Å². The van der Waals surface area contributed by atoms with Crippen molar-refractivity contribution in [3.63, 3.8) is 0 Å². The summed E-state index contributed by atoms with van der Waals surface area (Å²) in [7, 11) is 0. The van der Waals surface area contributed by atoms with Crippen molar-refractivity contribution in [2.24, 2.45) is 11.8 Å². The van der Waals surface area contributed by atoms with Gasteiger partial charge in [-0.05, 0) is 38.0 Å². The van der Waals surface area contributed by atoms with Crippen LogP contribution in [0, 0.1) is 11.8 Å². The molecule has 0 amide bonds. The molecule has 62 valence electrons. The van der Waals surface area contributed by atoms with Gasteiger partial charge < -0.3 is 0 Å². The second-order valence-corrected chi connectivity index (χ2v) is 3.40. The van der Waals surface area contributed by atoms with Crippen molar-refractivity contribution in [3.8, 4) is 0 Å². The van der Waals surface area contributed by atoms with Crippen molar-refractivity contribution in [2.45, 2.75) is 32.6 Å². The minimum absolute atomic E-state index is 0.797. The van der Waals surface area contributed by atoms with E-state index < -0.39 is 0 Å². The van der Waals surface area contributed by atoms with E-state index >= 15 is 0 Å². The standard InChI is InChI=1S/C11H18/c1-3-5-7-11-9-6-8-10(11)4-2/h3-5,10-11H,2,6-9H2,1H3/b5-3+/t10?,11-/m0/s1. The predicted molar refractivity (Wildman–Crippen MR) is 50.5 cm³/mol. The Bertz CT molecular complexity index is 144. The third-order valence-corrected chi connectivity index (χ3v) is 2.70. The Kier molecular flexibility index (Phi) is 3.41. The molecule has 1 unspecified atom stereocenters. The second-order valence-electron chi connectivity index (χ2n) is 3.40. The lowest BCUT2D eigenvalue weighted by atomic mass is 9.93. The van der Waals surface area contributed by atoms with Crippen molar-refractivity contribution in [2.75, 3.05) is 0 Å². The topological polar surface area (TPSA) is 0 Å². The van der Waals surface area contributed by atoms with Gasteiger partial charge in [0.1, 0.15) is 0 Å². The van der Waals surface area contributed by atoms with E-state index in [1.807, 2.05) is 0 Å². The largest absolute Gasteiger partial charge is 0.103 e. The molecule has 0 bridgehead atoms. The molecule has 1 saturated carbocycles. The van der Waals surface area contributed by atoms with Crippen molar-refractivity contribution in [3.05, 3.63) is 24.8 Å². The highest BCUT2D eigenvalue weighted by molar-refractivity contribution is 4.93. The summed E-state index contributed by atoms with van der Waals surface area (Å²) in [6.07, 6.45) is 12.0. The molecule has 0 saturated heterocycles. The molecular formula is C11H18. The smallest absolute Gasteiger partial charge is 0.0205 e. The van der Waals surface area contributed by atoms with Crippen LogP contribution >= 0.6 is 0 Å². The van der Waals surface area contributed by atoms with Crippen molar-refractivity contribution in [1.29, 1.82) is 0 Å². The molecule has 0 N–H and O–H groups in total. The molecule has 1 aliphatic rings. The van der Waals surface area contributed by atoms with Gasteiger partial charge in [0.05, 0.1) is 0 Å². The quantitative estimate of drug-likeness (QED) is 0.540. The van der Waals surface area contributed by atoms with Crippen molar-refractivity contribution >= 4 is 0 Å². The Labute approximate surface area is 70.0 Å². The molecule has 0 spiro atoms. The van der Waals surface area contributed by atoms with Gasteiger partial charge in [-0.3, -0.25) is 0 Å². The van der Waals surface area contributed by atoms with Crippen LogP contribution < -0.4 is 0 Å². The van der Waals surface area contributed by atoms with Crippen LogP contribution in [0.25, 0.3) is 0 Å². The number of hydrogen-bond acceptors (Lipinski definition) is 0. The van der Waals surface area contributed by atoms with E-state index in [2.05, 4.69) is 31.7 Å². The van der Waals surface area contributed by atoms with Gasteiger partial charge in [-0.2, -0.15) is 0 Å². The monoisotopic (exact) mass is 150 g/mol. The first-order valence-corrected chi connectivity index (χ1v) is 4.62. The first kappa shape index (κ1) is 8.58. The van der Waals surface area contributed by atoms with Gasteiger partial charge >= 0.3 is 0 Å². The van der Waals surface area contributed by atoms with Gasteiger partial charge in [0.2, 0.25) is 0 Å². The first-order chi connectivity index (χ1) is 5.38. The Balaban J connectivity index is 2.36. The molecule has 11 heavy (non-hydrogen) atoms. The zero-order valence-electron chi connectivity index (χ0n) is 7.42. The van der Waals surface area contributed by atoms with Gasteiger partial charge in [0.25, 0.3) is 0 Å². The molecular weight excluding hydrogens is 132 g/mol. The highest BCUT2D eigenvalue weighted by Crippen LogP contribution is 2.34. The Morgan fingerprint density at radius 3 is 2.91 bits per heavy atom. The maximum Gasteiger partial charge on any atom is -0.0205 e. The summed E-state index contributed by atoms with van der Waals surface area (Å²) in [5.74, 6) is 1.69. The van der Waals surface area contributed by atoms with Crippen LogP contribution in [0.2, 0.25) is 0 Å². The SMILES string of the molecule is C=CC1CCC[C@@H]1C/C=C/C. The maximum absolute atomic E-state index is 3.88. The van der Waals surface area contributed by atoms with Crippen LogP contribution in [0.5, 0.6) is 0 Å². The van der Waals surface area contributed by atoms with Gasteiger partial charge in [-0.25, -0.2) is 0 Å². The number of rotatable bonds is 3. The molecule has 0 aromatic rings. The summed E-state index contributed by atoms with van der Waals surface area (Å²) >= 11 is 0. The molecule has 0 nitrogen and oxygen atoms in total. The van der Waals surface area contributed by atoms with Crippen LogP contribution in [0.15, 0.2) is 24.8 Å². The molecule has 0 aromatic carbocycles. The molecule has 1 rings (SSSR count). The maximum atomic E-state index is 3.88. The van der Waals surface area contributed by atoms with Gasteiger partial charge in [-0.1, -0.05) is 24.6 Å². The fourth-order valence-corrected chi connectivity index (χ4v) is 1.98. The summed E-state index contributed by atoms with van der Waals surface area (Å²) in [6, 6.07) is 0. The lowest BCUT2D eigenvalue weighted by Gasteiger charge is -2.12. The van der Waals surface area contributed by atoms with Crippen LogP contribution in [-0.2, 0) is 0 Å². The van der Waals surface area contributed by atoms with Crippen LogP contribution in [0.1, 0.15) is 32.6 Å². The second kappa shape index (κ2) is 4.38. The van der Waals surface area contributed by atoms with Crippen LogP contribution in [0.4, 0.5) is 0 Å². The molecule has 1 fully saturated rings. The Morgan fingerprint density at radius 2 is 2.27 bits per heavy atom. The molecule has 0 heterocycles. The summed E-state index contributed by atoms with van der Waals surface area (Å²) in [4.78, 5) is 0.